The van der Waals surface area contributed by atoms with Gasteiger partial charge in [0.05, 0.1) is 6.04 Å². The number of hydrogen-bond acceptors (Lipinski definition) is 2. The third-order valence-corrected chi connectivity index (χ3v) is 4.54. The molecule has 0 amide bonds. The van der Waals surface area contributed by atoms with Crippen LogP contribution in [0, 0.1) is 12.8 Å². The predicted octanol–water partition coefficient (Wildman–Crippen LogP) is 4.91. The molecule has 1 fully saturated rings. The first-order chi connectivity index (χ1) is 10.7. The zero-order valence-corrected chi connectivity index (χ0v) is 13.1. The summed E-state index contributed by atoms with van der Waals surface area (Å²) in [5.74, 6) is 0.483. The number of nitrogens with one attached hydrogen (secondary N) is 1. The molecular weight excluding hydrogens is 270 g/mol. The quantitative estimate of drug-likeness (QED) is 0.868. The molecule has 2 atom stereocenters. The van der Waals surface area contributed by atoms with Gasteiger partial charge in [0.25, 0.3) is 0 Å². The molecule has 2 unspecified atom stereocenters. The molecular formula is C20H23NO. The van der Waals surface area contributed by atoms with Crippen LogP contribution in [0.3, 0.4) is 0 Å². The number of benzene rings is 2. The molecule has 1 aliphatic rings. The van der Waals surface area contributed by atoms with Crippen LogP contribution in [0.5, 0.6) is 0 Å². The van der Waals surface area contributed by atoms with E-state index in [4.69, 9.17) is 0 Å². The molecule has 1 saturated carbocycles. The molecule has 0 saturated heterocycles. The second kappa shape index (κ2) is 6.78. The SMILES string of the molecule is Cc1ccc(NC(c2ccccc2)C2CCCCC2=O)cc1. The van der Waals surface area contributed by atoms with Crippen molar-refractivity contribution in [3.8, 4) is 0 Å². The Morgan fingerprint density at radius 3 is 2.41 bits per heavy atom. The van der Waals surface area contributed by atoms with Crippen LogP contribution in [-0.4, -0.2) is 5.78 Å². The summed E-state index contributed by atoms with van der Waals surface area (Å²) in [6.07, 6.45) is 3.90. The molecule has 0 bridgehead atoms. The second-order valence-electron chi connectivity index (χ2n) is 6.22. The van der Waals surface area contributed by atoms with Crippen molar-refractivity contribution in [1.82, 2.24) is 0 Å². The van der Waals surface area contributed by atoms with Gasteiger partial charge in [-0.2, -0.15) is 0 Å². The van der Waals surface area contributed by atoms with Crippen LogP contribution in [0.25, 0.3) is 0 Å². The van der Waals surface area contributed by atoms with Gasteiger partial charge in [-0.3, -0.25) is 4.79 Å². The van der Waals surface area contributed by atoms with Crippen molar-refractivity contribution in [2.24, 2.45) is 5.92 Å². The van der Waals surface area contributed by atoms with Crippen molar-refractivity contribution in [1.29, 1.82) is 0 Å². The number of anilines is 1. The lowest BCUT2D eigenvalue weighted by molar-refractivity contribution is -0.125. The molecule has 0 heterocycles. The van der Waals surface area contributed by atoms with Crippen LogP contribution >= 0.6 is 0 Å². The Balaban J connectivity index is 1.88. The first kappa shape index (κ1) is 14.8. The molecule has 114 valence electrons. The Morgan fingerprint density at radius 1 is 1.00 bits per heavy atom. The molecule has 22 heavy (non-hydrogen) atoms. The van der Waals surface area contributed by atoms with Crippen LogP contribution in [0.4, 0.5) is 5.69 Å². The summed E-state index contributed by atoms with van der Waals surface area (Å²) in [6.45, 7) is 2.09. The minimum absolute atomic E-state index is 0.0664. The first-order valence-corrected chi connectivity index (χ1v) is 8.15. The van der Waals surface area contributed by atoms with Crippen molar-refractivity contribution < 1.29 is 4.79 Å². The topological polar surface area (TPSA) is 29.1 Å². The fraction of sp³-hybridized carbons (Fsp3) is 0.350. The maximum atomic E-state index is 12.4. The summed E-state index contributed by atoms with van der Waals surface area (Å²) < 4.78 is 0. The monoisotopic (exact) mass is 293 g/mol. The van der Waals surface area contributed by atoms with Crippen molar-refractivity contribution in [2.75, 3.05) is 5.32 Å². The van der Waals surface area contributed by atoms with Crippen LogP contribution in [-0.2, 0) is 4.79 Å². The normalized spacial score (nSPS) is 19.7. The lowest BCUT2D eigenvalue weighted by atomic mass is 9.80. The number of ketones is 1. The molecule has 2 heteroatoms. The van der Waals surface area contributed by atoms with E-state index in [1.165, 1.54) is 11.1 Å². The van der Waals surface area contributed by atoms with Crippen molar-refractivity contribution in [3.63, 3.8) is 0 Å². The van der Waals surface area contributed by atoms with Gasteiger partial charge in [-0.05, 0) is 37.5 Å². The Morgan fingerprint density at radius 2 is 1.73 bits per heavy atom. The number of rotatable bonds is 4. The highest BCUT2D eigenvalue weighted by Crippen LogP contribution is 2.34. The Hall–Kier alpha value is -2.09. The van der Waals surface area contributed by atoms with Crippen LogP contribution in [0.1, 0.15) is 42.9 Å². The number of carbonyl (C=O) groups excluding carboxylic acids is 1. The first-order valence-electron chi connectivity index (χ1n) is 8.15. The van der Waals surface area contributed by atoms with E-state index >= 15 is 0 Å². The highest BCUT2D eigenvalue weighted by atomic mass is 16.1. The maximum Gasteiger partial charge on any atom is 0.138 e. The van der Waals surface area contributed by atoms with Crippen LogP contribution in [0.15, 0.2) is 54.6 Å². The molecule has 0 aliphatic heterocycles. The minimum Gasteiger partial charge on any atom is -0.378 e. The summed E-state index contributed by atoms with van der Waals surface area (Å²) in [5.41, 5.74) is 3.52. The molecule has 3 rings (SSSR count). The van der Waals surface area contributed by atoms with Crippen molar-refractivity contribution in [2.45, 2.75) is 38.6 Å². The van der Waals surface area contributed by atoms with Gasteiger partial charge in [0.1, 0.15) is 5.78 Å². The highest BCUT2D eigenvalue weighted by Gasteiger charge is 2.31. The van der Waals surface area contributed by atoms with Gasteiger partial charge in [0.2, 0.25) is 0 Å². The third-order valence-electron chi connectivity index (χ3n) is 4.54. The summed E-state index contributed by atoms with van der Waals surface area (Å²) >= 11 is 0. The molecule has 1 aliphatic carbocycles. The summed E-state index contributed by atoms with van der Waals surface area (Å²) in [5, 5.41) is 3.60. The van der Waals surface area contributed by atoms with Crippen LogP contribution in [0.2, 0.25) is 0 Å². The predicted molar refractivity (Wildman–Crippen MR) is 90.9 cm³/mol. The Bertz CT molecular complexity index is 618. The van der Waals surface area contributed by atoms with Gasteiger partial charge < -0.3 is 5.32 Å². The Labute approximate surface area is 132 Å². The summed E-state index contributed by atoms with van der Waals surface area (Å²) in [6, 6.07) is 18.8. The molecule has 0 spiro atoms. The molecule has 0 radical (unpaired) electrons. The van der Waals surface area contributed by atoms with E-state index in [1.807, 2.05) is 18.2 Å². The number of aryl methyl sites for hydroxylation is 1. The van der Waals surface area contributed by atoms with E-state index in [9.17, 15) is 4.79 Å². The fourth-order valence-corrected chi connectivity index (χ4v) is 3.27. The largest absolute Gasteiger partial charge is 0.378 e. The number of carbonyl (C=O) groups is 1. The van der Waals surface area contributed by atoms with Gasteiger partial charge in [-0.15, -0.1) is 0 Å². The standard InChI is InChI=1S/C20H23NO/c1-15-11-13-17(14-12-15)21-20(16-7-3-2-4-8-16)18-9-5-6-10-19(18)22/h2-4,7-8,11-14,18,20-21H,5-6,9-10H2,1H3. The van der Waals surface area contributed by atoms with Gasteiger partial charge in [-0.25, -0.2) is 0 Å². The molecule has 2 aromatic rings. The van der Waals surface area contributed by atoms with Gasteiger partial charge >= 0.3 is 0 Å². The summed E-state index contributed by atoms with van der Waals surface area (Å²) in [7, 11) is 0. The molecule has 0 aromatic heterocycles. The smallest absolute Gasteiger partial charge is 0.138 e. The summed E-state index contributed by atoms with van der Waals surface area (Å²) in [4.78, 5) is 12.4. The van der Waals surface area contributed by atoms with Crippen molar-refractivity contribution in [3.05, 3.63) is 65.7 Å². The zero-order valence-electron chi connectivity index (χ0n) is 13.1. The van der Waals surface area contributed by atoms with Gasteiger partial charge in [0.15, 0.2) is 0 Å². The molecule has 2 nitrogen and oxygen atoms in total. The zero-order chi connectivity index (χ0) is 15.4. The van der Waals surface area contributed by atoms with Gasteiger partial charge in [0, 0.05) is 18.0 Å². The van der Waals surface area contributed by atoms with E-state index in [2.05, 4.69) is 48.6 Å². The highest BCUT2D eigenvalue weighted by molar-refractivity contribution is 5.83. The van der Waals surface area contributed by atoms with E-state index in [0.717, 1.165) is 31.4 Å². The minimum atomic E-state index is 0.0664. The van der Waals surface area contributed by atoms with Gasteiger partial charge in [-0.1, -0.05) is 54.4 Å². The number of Topliss-reactive ketones (excluding diaryl/α,β-unsaturated/α-hetero) is 1. The molecule has 2 aromatic carbocycles. The van der Waals surface area contributed by atoms with Crippen molar-refractivity contribution >= 4 is 11.5 Å². The van der Waals surface area contributed by atoms with E-state index in [0.29, 0.717) is 5.78 Å². The fourth-order valence-electron chi connectivity index (χ4n) is 3.27. The maximum absolute atomic E-state index is 12.4. The van der Waals surface area contributed by atoms with Crippen LogP contribution < -0.4 is 5.32 Å². The Kier molecular flexibility index (Phi) is 4.57. The van der Waals surface area contributed by atoms with E-state index < -0.39 is 0 Å². The lowest BCUT2D eigenvalue weighted by Gasteiger charge is -2.31. The second-order valence-corrected chi connectivity index (χ2v) is 6.22. The molecule has 1 N–H and O–H groups in total. The average Bonchev–Trinajstić information content (AvgIpc) is 2.56. The third kappa shape index (κ3) is 3.38. The number of hydrogen-bond donors (Lipinski definition) is 1. The van der Waals surface area contributed by atoms with E-state index in [1.54, 1.807) is 0 Å². The average molecular weight is 293 g/mol. The van der Waals surface area contributed by atoms with E-state index in [-0.39, 0.29) is 12.0 Å². The lowest BCUT2D eigenvalue weighted by Crippen LogP contribution is -2.30.